The van der Waals surface area contributed by atoms with E-state index in [2.05, 4.69) is 10.3 Å². The average molecular weight is 227 g/mol. The molecule has 1 aromatic heterocycles. The molecule has 84 valence electrons. The Morgan fingerprint density at radius 2 is 2.33 bits per heavy atom. The number of carbonyl (C=O) groups excluding carboxylic acids is 1. The van der Waals surface area contributed by atoms with E-state index < -0.39 is 0 Å². The van der Waals surface area contributed by atoms with Crippen LogP contribution in [0.4, 0.5) is 0 Å². The molecule has 0 aliphatic carbocycles. The van der Waals surface area contributed by atoms with E-state index in [1.54, 1.807) is 17.5 Å². The highest BCUT2D eigenvalue weighted by Gasteiger charge is 2.16. The first kappa shape index (κ1) is 12.1. The summed E-state index contributed by atoms with van der Waals surface area (Å²) in [5.41, 5.74) is 5.64. The number of amides is 1. The van der Waals surface area contributed by atoms with Crippen LogP contribution in [0.25, 0.3) is 0 Å². The second kappa shape index (κ2) is 5.23. The molecule has 0 saturated heterocycles. The number of thiazole rings is 1. The van der Waals surface area contributed by atoms with Crippen molar-refractivity contribution >= 4 is 17.2 Å². The molecule has 0 aromatic carbocycles. The van der Waals surface area contributed by atoms with Crippen LogP contribution in [0, 0.1) is 12.8 Å². The summed E-state index contributed by atoms with van der Waals surface area (Å²) in [6, 6.07) is -0.117. The third-order valence-electron chi connectivity index (χ3n) is 2.31. The van der Waals surface area contributed by atoms with Crippen LogP contribution in [0.1, 0.15) is 23.7 Å². The quantitative estimate of drug-likeness (QED) is 0.808. The average Bonchev–Trinajstić information content (AvgIpc) is 2.59. The topological polar surface area (TPSA) is 68.0 Å². The van der Waals surface area contributed by atoms with Gasteiger partial charge in [0.1, 0.15) is 0 Å². The molecular formula is C10H17N3OS. The van der Waals surface area contributed by atoms with Gasteiger partial charge in [-0.2, -0.15) is 0 Å². The molecule has 5 heteroatoms. The van der Waals surface area contributed by atoms with Crippen LogP contribution in [0.3, 0.4) is 0 Å². The maximum Gasteiger partial charge on any atom is 0.224 e. The van der Waals surface area contributed by atoms with Crippen LogP contribution in [0.2, 0.25) is 0 Å². The highest BCUT2D eigenvalue weighted by Crippen LogP contribution is 2.11. The second-order valence-electron chi connectivity index (χ2n) is 3.71. The Hall–Kier alpha value is -0.940. The first-order chi connectivity index (χ1) is 7.00. The van der Waals surface area contributed by atoms with Gasteiger partial charge in [-0.1, -0.05) is 6.92 Å². The summed E-state index contributed by atoms with van der Waals surface area (Å²) in [7, 11) is 0. The van der Waals surface area contributed by atoms with E-state index in [1.807, 2.05) is 20.8 Å². The van der Waals surface area contributed by atoms with E-state index in [1.165, 1.54) is 0 Å². The van der Waals surface area contributed by atoms with Crippen LogP contribution < -0.4 is 11.1 Å². The molecule has 1 amide bonds. The number of nitrogens with zero attached hydrogens (tertiary/aromatic N) is 1. The van der Waals surface area contributed by atoms with E-state index >= 15 is 0 Å². The Balaban J connectivity index is 2.40. The molecule has 4 nitrogen and oxygen atoms in total. The molecule has 0 aliphatic heterocycles. The number of carbonyl (C=O) groups is 1. The third-order valence-corrected chi connectivity index (χ3v) is 3.22. The van der Waals surface area contributed by atoms with Gasteiger partial charge in [-0.05, 0) is 13.8 Å². The monoisotopic (exact) mass is 227 g/mol. The van der Waals surface area contributed by atoms with Crippen LogP contribution in [0.15, 0.2) is 6.20 Å². The van der Waals surface area contributed by atoms with Crippen molar-refractivity contribution in [3.63, 3.8) is 0 Å². The van der Waals surface area contributed by atoms with E-state index in [0.29, 0.717) is 6.54 Å². The Morgan fingerprint density at radius 3 is 2.80 bits per heavy atom. The molecule has 1 rings (SSSR count). The minimum absolute atomic E-state index is 0.00365. The minimum Gasteiger partial charge on any atom is -0.351 e. The van der Waals surface area contributed by atoms with Crippen LogP contribution in [0.5, 0.6) is 0 Å². The summed E-state index contributed by atoms with van der Waals surface area (Å²) < 4.78 is 0. The van der Waals surface area contributed by atoms with Crippen molar-refractivity contribution in [1.82, 2.24) is 10.3 Å². The standard InChI is InChI=1S/C10H17N3OS/c1-6(7(2)11)10(14)13-5-9-4-12-8(3)15-9/h4,6-7H,5,11H2,1-3H3,(H,13,14). The molecule has 0 radical (unpaired) electrons. The number of rotatable bonds is 4. The fourth-order valence-corrected chi connectivity index (χ4v) is 1.80. The second-order valence-corrected chi connectivity index (χ2v) is 5.03. The summed E-state index contributed by atoms with van der Waals surface area (Å²) in [6.07, 6.45) is 1.79. The molecule has 15 heavy (non-hydrogen) atoms. The lowest BCUT2D eigenvalue weighted by molar-refractivity contribution is -0.125. The smallest absolute Gasteiger partial charge is 0.224 e. The van der Waals surface area contributed by atoms with Crippen LogP contribution in [-0.4, -0.2) is 16.9 Å². The lowest BCUT2D eigenvalue weighted by atomic mass is 10.0. The number of nitrogens with two attached hydrogens (primary N) is 1. The lowest BCUT2D eigenvalue weighted by Crippen LogP contribution is -2.38. The van der Waals surface area contributed by atoms with Crippen LogP contribution >= 0.6 is 11.3 Å². The van der Waals surface area contributed by atoms with Gasteiger partial charge >= 0.3 is 0 Å². The predicted octanol–water partition coefficient (Wildman–Crippen LogP) is 1.05. The molecule has 0 fully saturated rings. The van der Waals surface area contributed by atoms with Crippen molar-refractivity contribution < 1.29 is 4.79 Å². The number of hydrogen-bond donors (Lipinski definition) is 2. The molecule has 0 spiro atoms. The highest BCUT2D eigenvalue weighted by molar-refractivity contribution is 7.11. The van der Waals surface area contributed by atoms with Crippen molar-refractivity contribution in [2.24, 2.45) is 11.7 Å². The van der Waals surface area contributed by atoms with E-state index in [4.69, 9.17) is 5.73 Å². The fourth-order valence-electron chi connectivity index (χ4n) is 1.06. The summed E-state index contributed by atoms with van der Waals surface area (Å²) in [5, 5.41) is 3.86. The molecule has 0 bridgehead atoms. The van der Waals surface area contributed by atoms with Gasteiger partial charge in [0.05, 0.1) is 11.6 Å². The third kappa shape index (κ3) is 3.60. The molecule has 1 heterocycles. The van der Waals surface area contributed by atoms with Crippen LogP contribution in [-0.2, 0) is 11.3 Å². The molecular weight excluding hydrogens is 210 g/mol. The normalized spacial score (nSPS) is 14.7. The van der Waals surface area contributed by atoms with Crippen molar-refractivity contribution in [3.05, 3.63) is 16.1 Å². The minimum atomic E-state index is -0.154. The Morgan fingerprint density at radius 1 is 1.67 bits per heavy atom. The first-order valence-electron chi connectivity index (χ1n) is 4.95. The highest BCUT2D eigenvalue weighted by atomic mass is 32.1. The zero-order chi connectivity index (χ0) is 11.4. The van der Waals surface area contributed by atoms with Crippen molar-refractivity contribution in [3.8, 4) is 0 Å². The van der Waals surface area contributed by atoms with Gasteiger partial charge < -0.3 is 11.1 Å². The van der Waals surface area contributed by atoms with Crippen molar-refractivity contribution in [2.45, 2.75) is 33.4 Å². The SMILES string of the molecule is Cc1ncc(CNC(=O)C(C)C(C)N)s1. The Labute approximate surface area is 93.9 Å². The number of aromatic nitrogens is 1. The van der Waals surface area contributed by atoms with E-state index in [0.717, 1.165) is 9.88 Å². The lowest BCUT2D eigenvalue weighted by Gasteiger charge is -2.14. The summed E-state index contributed by atoms with van der Waals surface area (Å²) in [6.45, 7) is 6.15. The van der Waals surface area contributed by atoms with Crippen molar-refractivity contribution in [2.75, 3.05) is 0 Å². The summed E-state index contributed by atoms with van der Waals surface area (Å²) in [4.78, 5) is 16.7. The summed E-state index contributed by atoms with van der Waals surface area (Å²) in [5.74, 6) is -0.157. The first-order valence-corrected chi connectivity index (χ1v) is 5.77. The van der Waals surface area contributed by atoms with Gasteiger partial charge in [-0.25, -0.2) is 4.98 Å². The molecule has 2 unspecified atom stereocenters. The molecule has 3 N–H and O–H groups in total. The maximum atomic E-state index is 11.6. The fraction of sp³-hybridized carbons (Fsp3) is 0.600. The molecule has 2 atom stereocenters. The molecule has 0 saturated carbocycles. The Bertz CT molecular complexity index is 335. The van der Waals surface area contributed by atoms with E-state index in [9.17, 15) is 4.79 Å². The zero-order valence-corrected chi connectivity index (χ0v) is 10.1. The number of hydrogen-bond acceptors (Lipinski definition) is 4. The predicted molar refractivity (Wildman–Crippen MR) is 61.5 cm³/mol. The largest absolute Gasteiger partial charge is 0.351 e. The van der Waals surface area contributed by atoms with Gasteiger partial charge in [0, 0.05) is 23.0 Å². The van der Waals surface area contributed by atoms with Crippen molar-refractivity contribution in [1.29, 1.82) is 0 Å². The maximum absolute atomic E-state index is 11.6. The molecule has 0 aliphatic rings. The van der Waals surface area contributed by atoms with Gasteiger partial charge in [0.25, 0.3) is 0 Å². The van der Waals surface area contributed by atoms with Gasteiger partial charge in [0.2, 0.25) is 5.91 Å². The zero-order valence-electron chi connectivity index (χ0n) is 9.28. The summed E-state index contributed by atoms with van der Waals surface area (Å²) >= 11 is 1.59. The van der Waals surface area contributed by atoms with Gasteiger partial charge in [-0.3, -0.25) is 4.79 Å². The molecule has 1 aromatic rings. The van der Waals surface area contributed by atoms with Gasteiger partial charge in [0.15, 0.2) is 0 Å². The van der Waals surface area contributed by atoms with Gasteiger partial charge in [-0.15, -0.1) is 11.3 Å². The van der Waals surface area contributed by atoms with E-state index in [-0.39, 0.29) is 17.9 Å². The Kier molecular flexibility index (Phi) is 4.23. The number of nitrogens with one attached hydrogen (secondary N) is 1. The number of aryl methyl sites for hydroxylation is 1.